The van der Waals surface area contributed by atoms with Crippen molar-refractivity contribution in [2.45, 2.75) is 36.5 Å². The quantitative estimate of drug-likeness (QED) is 0.413. The molecule has 1 amide bonds. The molecule has 9 nitrogen and oxygen atoms in total. The van der Waals surface area contributed by atoms with E-state index in [-0.39, 0.29) is 63.0 Å². The second-order valence-corrected chi connectivity index (χ2v) is 11.2. The van der Waals surface area contributed by atoms with Gasteiger partial charge in [0.15, 0.2) is 12.0 Å². The van der Waals surface area contributed by atoms with Gasteiger partial charge >= 0.3 is 6.18 Å². The fraction of sp³-hybridized carbons (Fsp3) is 0.464. The summed E-state index contributed by atoms with van der Waals surface area (Å²) in [5.74, 6) is -0.429. The molecule has 3 aromatic rings. The highest BCUT2D eigenvalue weighted by Gasteiger charge is 2.51. The van der Waals surface area contributed by atoms with Crippen LogP contribution in [0.25, 0.3) is 0 Å². The Morgan fingerprint density at radius 3 is 2.56 bits per heavy atom. The van der Waals surface area contributed by atoms with E-state index in [1.807, 2.05) is 0 Å². The zero-order valence-electron chi connectivity index (χ0n) is 22.5. The van der Waals surface area contributed by atoms with E-state index < -0.39 is 34.8 Å². The Balaban J connectivity index is 1.29. The summed E-state index contributed by atoms with van der Waals surface area (Å²) in [7, 11) is 3.11. The van der Waals surface area contributed by atoms with E-state index in [1.165, 1.54) is 29.0 Å². The van der Waals surface area contributed by atoms with Crippen LogP contribution in [-0.4, -0.2) is 76.3 Å². The number of nitrogens with zero attached hydrogens (tertiary/aromatic N) is 5. The fourth-order valence-corrected chi connectivity index (χ4v) is 6.07. The van der Waals surface area contributed by atoms with Gasteiger partial charge in [-0.15, -0.1) is 10.2 Å². The molecule has 0 spiro atoms. The molecule has 3 aliphatic rings. The normalized spacial score (nSPS) is 20.5. The molecule has 0 radical (unpaired) electrons. The first-order valence-electron chi connectivity index (χ1n) is 13.1. The van der Waals surface area contributed by atoms with Crippen molar-refractivity contribution >= 4 is 11.6 Å². The molecule has 2 saturated heterocycles. The lowest BCUT2D eigenvalue weighted by Gasteiger charge is -2.46. The number of methoxy groups -OCH3 is 1. The Kier molecular flexibility index (Phi) is 6.68. The Labute approximate surface area is 233 Å². The second kappa shape index (κ2) is 9.86. The van der Waals surface area contributed by atoms with Gasteiger partial charge in [0.1, 0.15) is 11.9 Å². The van der Waals surface area contributed by atoms with Crippen molar-refractivity contribution in [2.75, 3.05) is 44.9 Å². The lowest BCUT2D eigenvalue weighted by Crippen LogP contribution is -2.63. The van der Waals surface area contributed by atoms with Gasteiger partial charge in [-0.05, 0) is 41.0 Å². The number of alkyl halides is 4. The summed E-state index contributed by atoms with van der Waals surface area (Å²) in [5.41, 5.74) is -1.84. The van der Waals surface area contributed by atoms with Gasteiger partial charge in [0, 0.05) is 45.0 Å². The minimum Gasteiger partial charge on any atom is -0.385 e. The van der Waals surface area contributed by atoms with E-state index in [4.69, 9.17) is 9.47 Å². The fourth-order valence-electron chi connectivity index (χ4n) is 6.07. The maximum atomic E-state index is 15.8. The van der Waals surface area contributed by atoms with Crippen LogP contribution in [-0.2, 0) is 41.2 Å². The summed E-state index contributed by atoms with van der Waals surface area (Å²) in [4.78, 5) is 16.7. The number of aliphatic hydroxyl groups is 1. The summed E-state index contributed by atoms with van der Waals surface area (Å²) in [6.07, 6.45) is -4.82. The summed E-state index contributed by atoms with van der Waals surface area (Å²) < 4.78 is 70.3. The number of ether oxygens (including phenoxy) is 2. The number of carbonyl (C=O) groups is 1. The van der Waals surface area contributed by atoms with Crippen molar-refractivity contribution in [2.24, 2.45) is 7.05 Å². The smallest absolute Gasteiger partial charge is 0.385 e. The lowest BCUT2D eigenvalue weighted by atomic mass is 9.74. The van der Waals surface area contributed by atoms with Gasteiger partial charge in [-0.1, -0.05) is 12.1 Å². The van der Waals surface area contributed by atoms with E-state index in [2.05, 4.69) is 10.2 Å². The van der Waals surface area contributed by atoms with Gasteiger partial charge in [0.25, 0.3) is 5.91 Å². The lowest BCUT2D eigenvalue weighted by molar-refractivity contribution is -0.139. The molecule has 0 saturated carbocycles. The Bertz CT molecular complexity index is 1480. The molecule has 2 fully saturated rings. The summed E-state index contributed by atoms with van der Waals surface area (Å²) in [6, 6.07) is 9.22. The minimum atomic E-state index is -4.67. The number of rotatable bonds is 8. The molecule has 6 rings (SSSR count). The van der Waals surface area contributed by atoms with E-state index in [1.54, 1.807) is 36.2 Å². The van der Waals surface area contributed by atoms with Gasteiger partial charge in [-0.2, -0.15) is 13.2 Å². The van der Waals surface area contributed by atoms with Crippen molar-refractivity contribution in [1.82, 2.24) is 19.7 Å². The number of hydrogen-bond acceptors (Lipinski definition) is 7. The minimum absolute atomic E-state index is 0.0166. The number of anilines is 1. The third-order valence-electron chi connectivity index (χ3n) is 8.17. The number of halogens is 4. The molecule has 218 valence electrons. The average Bonchev–Trinajstić information content (AvgIpc) is 3.45. The molecule has 2 aromatic carbocycles. The second-order valence-electron chi connectivity index (χ2n) is 11.2. The van der Waals surface area contributed by atoms with Crippen molar-refractivity contribution in [1.29, 1.82) is 0 Å². The molecule has 1 N–H and O–H groups in total. The number of amides is 1. The van der Waals surface area contributed by atoms with Gasteiger partial charge in [0.2, 0.25) is 0 Å². The van der Waals surface area contributed by atoms with Crippen LogP contribution in [0.2, 0.25) is 0 Å². The zero-order chi connectivity index (χ0) is 29.2. The standard InChI is InChI=1S/C28H29F4N5O4/c1-35-16-33-34-24(35)23(29)27(14-41-15-27)18-4-3-5-19(8-18)37-10-21-20(25(37)38)6-17(7-22(21)28(30,31)32)9-36-11-26(39,12-36)13-40-2/h3-8,16,23,39H,9-15H2,1-2H3/t23-/m0/s1. The molecule has 13 heteroatoms. The molecule has 4 heterocycles. The molecule has 1 atom stereocenters. The predicted octanol–water partition coefficient (Wildman–Crippen LogP) is 3.17. The maximum Gasteiger partial charge on any atom is 0.416 e. The van der Waals surface area contributed by atoms with Gasteiger partial charge in [0.05, 0.1) is 37.3 Å². The number of β-amino-alcohol motifs (C(OH)–C–C–N with tert-alkyl or cyclic N) is 1. The van der Waals surface area contributed by atoms with E-state index >= 15 is 4.39 Å². The molecule has 1 aromatic heterocycles. The molecule has 0 aliphatic carbocycles. The highest BCUT2D eigenvalue weighted by molar-refractivity contribution is 6.10. The van der Waals surface area contributed by atoms with Crippen LogP contribution in [0.4, 0.5) is 23.2 Å². The maximum absolute atomic E-state index is 15.8. The van der Waals surface area contributed by atoms with E-state index in [0.717, 1.165) is 6.07 Å². The Hall–Kier alpha value is -3.39. The molecular formula is C28H29F4N5O4. The van der Waals surface area contributed by atoms with Crippen LogP contribution in [0.1, 0.15) is 44.6 Å². The number of hydrogen-bond donors (Lipinski definition) is 1. The summed E-state index contributed by atoms with van der Waals surface area (Å²) >= 11 is 0. The number of aromatic nitrogens is 3. The van der Waals surface area contributed by atoms with E-state index in [0.29, 0.717) is 16.8 Å². The predicted molar refractivity (Wildman–Crippen MR) is 138 cm³/mol. The van der Waals surface area contributed by atoms with Crippen molar-refractivity contribution < 1.29 is 36.9 Å². The van der Waals surface area contributed by atoms with Crippen LogP contribution in [0.3, 0.4) is 0 Å². The highest BCUT2D eigenvalue weighted by atomic mass is 19.4. The highest BCUT2D eigenvalue weighted by Crippen LogP contribution is 2.47. The Morgan fingerprint density at radius 1 is 1.20 bits per heavy atom. The number of benzene rings is 2. The first-order valence-corrected chi connectivity index (χ1v) is 13.1. The van der Waals surface area contributed by atoms with Crippen LogP contribution in [0, 0.1) is 0 Å². The van der Waals surface area contributed by atoms with Crippen LogP contribution < -0.4 is 4.90 Å². The molecule has 3 aliphatic heterocycles. The third-order valence-corrected chi connectivity index (χ3v) is 8.17. The van der Waals surface area contributed by atoms with E-state index in [9.17, 15) is 23.1 Å². The largest absolute Gasteiger partial charge is 0.416 e. The Morgan fingerprint density at radius 2 is 1.95 bits per heavy atom. The molecule has 0 unspecified atom stereocenters. The molecule has 41 heavy (non-hydrogen) atoms. The molecular weight excluding hydrogens is 546 g/mol. The van der Waals surface area contributed by atoms with Crippen LogP contribution >= 0.6 is 0 Å². The monoisotopic (exact) mass is 575 g/mol. The summed E-state index contributed by atoms with van der Waals surface area (Å²) in [5, 5.41) is 18.0. The topological polar surface area (TPSA) is 93.0 Å². The average molecular weight is 576 g/mol. The van der Waals surface area contributed by atoms with Gasteiger partial charge in [-0.3, -0.25) is 9.69 Å². The van der Waals surface area contributed by atoms with Crippen molar-refractivity contribution in [3.8, 4) is 0 Å². The van der Waals surface area contributed by atoms with Gasteiger partial charge < -0.3 is 24.0 Å². The number of carbonyl (C=O) groups excluding carboxylic acids is 1. The first kappa shape index (κ1) is 27.8. The van der Waals surface area contributed by atoms with Crippen LogP contribution in [0.5, 0.6) is 0 Å². The van der Waals surface area contributed by atoms with Gasteiger partial charge in [-0.25, -0.2) is 4.39 Å². The van der Waals surface area contributed by atoms with Crippen molar-refractivity contribution in [3.63, 3.8) is 0 Å². The third kappa shape index (κ3) is 4.70. The summed E-state index contributed by atoms with van der Waals surface area (Å²) in [6.45, 7) is 0.669. The first-order chi connectivity index (χ1) is 19.4. The van der Waals surface area contributed by atoms with Crippen LogP contribution in [0.15, 0.2) is 42.7 Å². The number of fused-ring (bicyclic) bond motifs is 1. The number of aryl methyl sites for hydroxylation is 1. The number of likely N-dealkylation sites (tertiary alicyclic amines) is 1. The molecule has 0 bridgehead atoms. The SMILES string of the molecule is COCC1(O)CN(Cc2cc3c(c(C(F)(F)F)c2)CN(c2cccc(C4([C@@H](F)c5nncn5C)COC4)c2)C3=O)C1. The zero-order valence-corrected chi connectivity index (χ0v) is 22.5. The van der Waals surface area contributed by atoms with Crippen molar-refractivity contribution in [3.05, 3.63) is 76.4 Å².